The van der Waals surface area contributed by atoms with Crippen LogP contribution in [0.2, 0.25) is 0 Å². The fourth-order valence-electron chi connectivity index (χ4n) is 2.45. The average molecular weight is 294 g/mol. The van der Waals surface area contributed by atoms with Gasteiger partial charge in [-0.25, -0.2) is 0 Å². The first kappa shape index (κ1) is 15.0. The van der Waals surface area contributed by atoms with Crippen molar-refractivity contribution in [3.05, 3.63) is 35.7 Å². The van der Waals surface area contributed by atoms with Crippen LogP contribution < -0.4 is 5.32 Å². The van der Waals surface area contributed by atoms with Gasteiger partial charge >= 0.3 is 0 Å². The zero-order valence-electron chi connectivity index (χ0n) is 11.6. The highest BCUT2D eigenvalue weighted by Crippen LogP contribution is 2.24. The molecule has 1 aliphatic rings. The molecule has 1 N–H and O–H groups in total. The molecule has 1 aliphatic heterocycles. The Morgan fingerprint density at radius 1 is 1.25 bits per heavy atom. The van der Waals surface area contributed by atoms with E-state index in [-0.39, 0.29) is 18.4 Å². The first-order chi connectivity index (χ1) is 9.36. The van der Waals surface area contributed by atoms with Crippen molar-refractivity contribution in [2.45, 2.75) is 38.6 Å². The molecule has 1 aromatic heterocycles. The lowest BCUT2D eigenvalue weighted by molar-refractivity contribution is 0.297. The van der Waals surface area contributed by atoms with Gasteiger partial charge in [0.1, 0.15) is 0 Å². The fourth-order valence-corrected chi connectivity index (χ4v) is 2.45. The van der Waals surface area contributed by atoms with E-state index in [9.17, 15) is 0 Å². The Morgan fingerprint density at radius 2 is 2.05 bits per heavy atom. The molecule has 0 radical (unpaired) electrons. The van der Waals surface area contributed by atoms with Crippen molar-refractivity contribution >= 4 is 12.4 Å². The second kappa shape index (κ2) is 6.86. The third-order valence-corrected chi connectivity index (χ3v) is 3.67. The van der Waals surface area contributed by atoms with Crippen molar-refractivity contribution in [1.29, 1.82) is 0 Å². The molecular formula is C15H20ClN3O. The number of halogens is 1. The number of aryl methyl sites for hydroxylation is 1. The monoisotopic (exact) mass is 293 g/mol. The highest BCUT2D eigenvalue weighted by atomic mass is 35.5. The molecule has 3 rings (SSSR count). The molecule has 2 heterocycles. The van der Waals surface area contributed by atoms with E-state index in [0.29, 0.717) is 11.7 Å². The summed E-state index contributed by atoms with van der Waals surface area (Å²) >= 11 is 0. The number of benzene rings is 1. The molecule has 1 fully saturated rings. The van der Waals surface area contributed by atoms with Crippen molar-refractivity contribution < 1.29 is 4.52 Å². The van der Waals surface area contributed by atoms with Gasteiger partial charge in [-0.05, 0) is 31.4 Å². The van der Waals surface area contributed by atoms with E-state index in [0.717, 1.165) is 24.9 Å². The zero-order chi connectivity index (χ0) is 13.1. The molecule has 0 bridgehead atoms. The molecule has 1 unspecified atom stereocenters. The maximum absolute atomic E-state index is 5.39. The number of nitrogens with zero attached hydrogens (tertiary/aromatic N) is 2. The summed E-state index contributed by atoms with van der Waals surface area (Å²) in [6, 6.07) is 8.57. The van der Waals surface area contributed by atoms with Crippen LogP contribution in [-0.4, -0.2) is 16.7 Å². The highest BCUT2D eigenvalue weighted by molar-refractivity contribution is 5.85. The van der Waals surface area contributed by atoms with Crippen LogP contribution in [0.1, 0.15) is 43.7 Å². The third-order valence-electron chi connectivity index (χ3n) is 3.67. The van der Waals surface area contributed by atoms with Gasteiger partial charge in [-0.15, -0.1) is 12.4 Å². The SMILES string of the molecule is CCc1ccc(-c2noc(C3CCCCN3)n2)cc1.Cl. The first-order valence-electron chi connectivity index (χ1n) is 7.03. The summed E-state index contributed by atoms with van der Waals surface area (Å²) in [5.41, 5.74) is 2.34. The average Bonchev–Trinajstić information content (AvgIpc) is 2.98. The summed E-state index contributed by atoms with van der Waals surface area (Å²) in [7, 11) is 0. The standard InChI is InChI=1S/C15H19N3O.ClH/c1-2-11-6-8-12(9-7-11)14-17-15(19-18-14)13-5-3-4-10-16-13;/h6-9,13,16H,2-5,10H2,1H3;1H. The lowest BCUT2D eigenvalue weighted by Gasteiger charge is -2.19. The smallest absolute Gasteiger partial charge is 0.244 e. The van der Waals surface area contributed by atoms with Gasteiger partial charge in [-0.3, -0.25) is 0 Å². The molecule has 0 spiro atoms. The number of nitrogens with one attached hydrogen (secondary N) is 1. The van der Waals surface area contributed by atoms with Gasteiger partial charge < -0.3 is 9.84 Å². The van der Waals surface area contributed by atoms with E-state index >= 15 is 0 Å². The quantitative estimate of drug-likeness (QED) is 0.940. The second-order valence-electron chi connectivity index (χ2n) is 5.01. The van der Waals surface area contributed by atoms with E-state index in [2.05, 4.69) is 46.6 Å². The third kappa shape index (κ3) is 3.19. The number of hydrogen-bond acceptors (Lipinski definition) is 4. The van der Waals surface area contributed by atoms with Gasteiger partial charge in [0, 0.05) is 5.56 Å². The summed E-state index contributed by atoms with van der Waals surface area (Å²) in [4.78, 5) is 4.52. The van der Waals surface area contributed by atoms with E-state index in [1.165, 1.54) is 18.4 Å². The molecule has 0 aliphatic carbocycles. The number of piperidine rings is 1. The van der Waals surface area contributed by atoms with Crippen LogP contribution >= 0.6 is 12.4 Å². The highest BCUT2D eigenvalue weighted by Gasteiger charge is 2.21. The van der Waals surface area contributed by atoms with Crippen molar-refractivity contribution in [2.75, 3.05) is 6.54 Å². The van der Waals surface area contributed by atoms with Crippen LogP contribution in [0, 0.1) is 0 Å². The van der Waals surface area contributed by atoms with Crippen LogP contribution in [0.25, 0.3) is 11.4 Å². The minimum absolute atomic E-state index is 0. The van der Waals surface area contributed by atoms with Crippen molar-refractivity contribution in [3.8, 4) is 11.4 Å². The van der Waals surface area contributed by atoms with E-state index < -0.39 is 0 Å². The Labute approximate surface area is 125 Å². The largest absolute Gasteiger partial charge is 0.337 e. The maximum Gasteiger partial charge on any atom is 0.244 e. The van der Waals surface area contributed by atoms with Gasteiger partial charge in [-0.2, -0.15) is 4.98 Å². The molecule has 5 heteroatoms. The molecule has 1 atom stereocenters. The second-order valence-corrected chi connectivity index (χ2v) is 5.01. The summed E-state index contributed by atoms with van der Waals surface area (Å²) in [5, 5.41) is 7.51. The number of aromatic nitrogens is 2. The van der Waals surface area contributed by atoms with Crippen LogP contribution in [0.5, 0.6) is 0 Å². The molecule has 1 aromatic carbocycles. The van der Waals surface area contributed by atoms with E-state index in [1.807, 2.05) is 0 Å². The minimum atomic E-state index is 0. The van der Waals surface area contributed by atoms with Gasteiger partial charge in [0.15, 0.2) is 0 Å². The van der Waals surface area contributed by atoms with E-state index in [4.69, 9.17) is 4.52 Å². The van der Waals surface area contributed by atoms with Crippen LogP contribution in [0.4, 0.5) is 0 Å². The van der Waals surface area contributed by atoms with Crippen molar-refractivity contribution in [3.63, 3.8) is 0 Å². The lowest BCUT2D eigenvalue weighted by atomic mass is 10.1. The molecule has 4 nitrogen and oxygen atoms in total. The molecule has 1 saturated heterocycles. The minimum Gasteiger partial charge on any atom is -0.337 e. The summed E-state index contributed by atoms with van der Waals surface area (Å²) in [6.45, 7) is 3.18. The van der Waals surface area contributed by atoms with Crippen LogP contribution in [-0.2, 0) is 6.42 Å². The Kier molecular flexibility index (Phi) is 5.15. The van der Waals surface area contributed by atoms with Crippen molar-refractivity contribution in [1.82, 2.24) is 15.5 Å². The van der Waals surface area contributed by atoms with Crippen molar-refractivity contribution in [2.24, 2.45) is 0 Å². The van der Waals surface area contributed by atoms with Gasteiger partial charge in [-0.1, -0.05) is 42.8 Å². The fraction of sp³-hybridized carbons (Fsp3) is 0.467. The Bertz CT molecular complexity index is 532. The van der Waals surface area contributed by atoms with E-state index in [1.54, 1.807) is 0 Å². The summed E-state index contributed by atoms with van der Waals surface area (Å²) < 4.78 is 5.39. The molecular weight excluding hydrogens is 274 g/mol. The predicted molar refractivity (Wildman–Crippen MR) is 81.0 cm³/mol. The normalized spacial score (nSPS) is 18.6. The summed E-state index contributed by atoms with van der Waals surface area (Å²) in [6.07, 6.45) is 4.58. The predicted octanol–water partition coefficient (Wildman–Crippen LogP) is 3.54. The molecule has 0 saturated carbocycles. The van der Waals surface area contributed by atoms with Crippen LogP contribution in [0.15, 0.2) is 28.8 Å². The lowest BCUT2D eigenvalue weighted by Crippen LogP contribution is -2.26. The van der Waals surface area contributed by atoms with Gasteiger partial charge in [0.25, 0.3) is 0 Å². The molecule has 2 aromatic rings. The van der Waals surface area contributed by atoms with Gasteiger partial charge in [0.2, 0.25) is 11.7 Å². The molecule has 20 heavy (non-hydrogen) atoms. The van der Waals surface area contributed by atoms with Crippen LogP contribution in [0.3, 0.4) is 0 Å². The maximum atomic E-state index is 5.39. The molecule has 0 amide bonds. The first-order valence-corrected chi connectivity index (χ1v) is 7.03. The Morgan fingerprint density at radius 3 is 2.70 bits per heavy atom. The molecule has 108 valence electrons. The Balaban J connectivity index is 0.00000147. The topological polar surface area (TPSA) is 51.0 Å². The Hall–Kier alpha value is -1.39. The summed E-state index contributed by atoms with van der Waals surface area (Å²) in [5.74, 6) is 1.40. The van der Waals surface area contributed by atoms with Gasteiger partial charge in [0.05, 0.1) is 6.04 Å². The number of hydrogen-bond donors (Lipinski definition) is 1. The number of rotatable bonds is 3. The zero-order valence-corrected chi connectivity index (χ0v) is 12.4.